The van der Waals surface area contributed by atoms with Gasteiger partial charge in [-0.3, -0.25) is 15.0 Å². The summed E-state index contributed by atoms with van der Waals surface area (Å²) in [5, 5.41) is 4.89. The fourth-order valence-electron chi connectivity index (χ4n) is 3.27. The number of fused-ring (bicyclic) bond motifs is 1. The Morgan fingerprint density at radius 2 is 1.80 bits per heavy atom. The fraction of sp³-hybridized carbons (Fsp3) is 0.190. The summed E-state index contributed by atoms with van der Waals surface area (Å²) in [4.78, 5) is 46.5. The molecule has 152 valence electrons. The Morgan fingerprint density at radius 3 is 2.57 bits per heavy atom. The number of urea groups is 1. The number of imide groups is 1. The third kappa shape index (κ3) is 3.59. The number of benzene rings is 2. The standard InChI is InChI=1S/C21H19N5O3S/c1-13-22-16-11-7-6-10-15(16)18(23-13)30-12-17(27)25-26-19(28)21(2,24-20(26)29)14-8-4-3-5-9-14/h3-11H,12H2,1-2H3,(H,24,29)(H,25,27)/t21-/m0/s1. The van der Waals surface area contributed by atoms with Crippen molar-refractivity contribution in [1.29, 1.82) is 0 Å². The first-order valence-corrected chi connectivity index (χ1v) is 10.2. The highest BCUT2D eigenvalue weighted by Crippen LogP contribution is 2.28. The Labute approximate surface area is 177 Å². The van der Waals surface area contributed by atoms with Crippen molar-refractivity contribution in [2.24, 2.45) is 0 Å². The van der Waals surface area contributed by atoms with E-state index in [9.17, 15) is 14.4 Å². The number of hydrogen-bond donors (Lipinski definition) is 2. The van der Waals surface area contributed by atoms with Gasteiger partial charge in [0.25, 0.3) is 5.91 Å². The topological polar surface area (TPSA) is 104 Å². The molecule has 0 saturated carbocycles. The van der Waals surface area contributed by atoms with Crippen LogP contribution in [0.5, 0.6) is 0 Å². The van der Waals surface area contributed by atoms with Gasteiger partial charge in [-0.2, -0.15) is 5.01 Å². The van der Waals surface area contributed by atoms with Crippen molar-refractivity contribution in [2.45, 2.75) is 24.4 Å². The van der Waals surface area contributed by atoms with Gasteiger partial charge in [-0.15, -0.1) is 0 Å². The van der Waals surface area contributed by atoms with Crippen molar-refractivity contribution in [3.8, 4) is 0 Å². The first-order valence-electron chi connectivity index (χ1n) is 9.26. The summed E-state index contributed by atoms with van der Waals surface area (Å²) in [6, 6.07) is 15.8. The fourth-order valence-corrected chi connectivity index (χ4v) is 4.12. The van der Waals surface area contributed by atoms with Crippen LogP contribution in [0.3, 0.4) is 0 Å². The summed E-state index contributed by atoms with van der Waals surface area (Å²) in [5.74, 6) is -0.439. The van der Waals surface area contributed by atoms with Crippen LogP contribution < -0.4 is 10.7 Å². The number of hydrazine groups is 1. The molecular formula is C21H19N5O3S. The van der Waals surface area contributed by atoms with E-state index < -0.39 is 23.4 Å². The number of para-hydroxylation sites is 1. The van der Waals surface area contributed by atoms with Crippen LogP contribution in [0.1, 0.15) is 18.3 Å². The number of carbonyl (C=O) groups is 3. The van der Waals surface area contributed by atoms with E-state index in [2.05, 4.69) is 20.7 Å². The third-order valence-electron chi connectivity index (χ3n) is 4.80. The van der Waals surface area contributed by atoms with Crippen LogP contribution in [0.4, 0.5) is 4.79 Å². The second kappa shape index (κ2) is 7.75. The molecule has 2 heterocycles. The largest absolute Gasteiger partial charge is 0.344 e. The van der Waals surface area contributed by atoms with E-state index in [4.69, 9.17) is 0 Å². The average molecular weight is 421 g/mol. The van der Waals surface area contributed by atoms with Crippen LogP contribution in [-0.4, -0.2) is 38.6 Å². The maximum absolute atomic E-state index is 12.9. The van der Waals surface area contributed by atoms with Gasteiger partial charge in [-0.1, -0.05) is 60.3 Å². The first-order chi connectivity index (χ1) is 14.4. The zero-order valence-corrected chi connectivity index (χ0v) is 17.2. The van der Waals surface area contributed by atoms with Crippen molar-refractivity contribution in [2.75, 3.05) is 5.75 Å². The minimum Gasteiger partial charge on any atom is -0.318 e. The van der Waals surface area contributed by atoms with Crippen molar-refractivity contribution < 1.29 is 14.4 Å². The van der Waals surface area contributed by atoms with Gasteiger partial charge in [0.15, 0.2) is 0 Å². The molecule has 1 aliphatic rings. The van der Waals surface area contributed by atoms with E-state index >= 15 is 0 Å². The molecule has 0 spiro atoms. The maximum atomic E-state index is 12.9. The lowest BCUT2D eigenvalue weighted by Gasteiger charge is -2.22. The van der Waals surface area contributed by atoms with Crippen LogP contribution in [-0.2, 0) is 15.1 Å². The smallest absolute Gasteiger partial charge is 0.318 e. The molecule has 3 aromatic rings. The number of amides is 4. The minimum absolute atomic E-state index is 0.0143. The second-order valence-corrected chi connectivity index (χ2v) is 7.94. The van der Waals surface area contributed by atoms with Gasteiger partial charge < -0.3 is 5.32 Å². The molecule has 0 aliphatic carbocycles. The van der Waals surface area contributed by atoms with E-state index in [0.29, 0.717) is 16.4 Å². The summed E-state index contributed by atoms with van der Waals surface area (Å²) in [6.07, 6.45) is 0. The summed E-state index contributed by atoms with van der Waals surface area (Å²) in [5.41, 5.74) is 2.60. The Kier molecular flexibility index (Phi) is 5.13. The zero-order valence-electron chi connectivity index (χ0n) is 16.4. The molecule has 9 heteroatoms. The van der Waals surface area contributed by atoms with Crippen molar-refractivity contribution in [1.82, 2.24) is 25.7 Å². The van der Waals surface area contributed by atoms with Gasteiger partial charge in [0.05, 0.1) is 11.3 Å². The molecule has 0 unspecified atom stereocenters. The SMILES string of the molecule is Cc1nc(SCC(=O)NN2C(=O)N[C@@](C)(c3ccccc3)C2=O)c2ccccc2n1. The molecule has 4 amide bonds. The average Bonchev–Trinajstić information content (AvgIpc) is 2.96. The monoisotopic (exact) mass is 421 g/mol. The van der Waals surface area contributed by atoms with Crippen LogP contribution in [0.15, 0.2) is 59.6 Å². The molecule has 1 aromatic heterocycles. The summed E-state index contributed by atoms with van der Waals surface area (Å²) < 4.78 is 0. The Balaban J connectivity index is 1.46. The Hall–Kier alpha value is -3.46. The van der Waals surface area contributed by atoms with Gasteiger partial charge in [-0.25, -0.2) is 14.8 Å². The van der Waals surface area contributed by atoms with Gasteiger partial charge in [0.2, 0.25) is 5.91 Å². The van der Waals surface area contributed by atoms with Gasteiger partial charge in [0, 0.05) is 5.39 Å². The molecule has 2 aromatic carbocycles. The summed E-state index contributed by atoms with van der Waals surface area (Å²) in [7, 11) is 0. The highest BCUT2D eigenvalue weighted by atomic mass is 32.2. The quantitative estimate of drug-likeness (QED) is 0.373. The van der Waals surface area contributed by atoms with Crippen molar-refractivity contribution in [3.63, 3.8) is 0 Å². The van der Waals surface area contributed by atoms with Gasteiger partial charge in [-0.05, 0) is 25.5 Å². The van der Waals surface area contributed by atoms with Crippen molar-refractivity contribution >= 4 is 40.5 Å². The number of hydrogen-bond acceptors (Lipinski definition) is 6. The molecule has 0 bridgehead atoms. The molecule has 1 fully saturated rings. The normalized spacial score (nSPS) is 18.5. The maximum Gasteiger partial charge on any atom is 0.344 e. The van der Waals surface area contributed by atoms with Crippen LogP contribution in [0.2, 0.25) is 0 Å². The first kappa shape index (κ1) is 19.8. The number of aryl methyl sites for hydroxylation is 1. The van der Waals surface area contributed by atoms with Crippen LogP contribution >= 0.6 is 11.8 Å². The Morgan fingerprint density at radius 1 is 1.10 bits per heavy atom. The molecule has 30 heavy (non-hydrogen) atoms. The van der Waals surface area contributed by atoms with E-state index in [0.717, 1.165) is 15.9 Å². The van der Waals surface area contributed by atoms with E-state index in [1.54, 1.807) is 38.1 Å². The lowest BCUT2D eigenvalue weighted by molar-refractivity contribution is -0.138. The minimum atomic E-state index is -1.24. The summed E-state index contributed by atoms with van der Waals surface area (Å²) in [6.45, 7) is 3.40. The van der Waals surface area contributed by atoms with Crippen molar-refractivity contribution in [3.05, 3.63) is 66.0 Å². The summed E-state index contributed by atoms with van der Waals surface area (Å²) >= 11 is 1.22. The molecule has 2 N–H and O–H groups in total. The highest BCUT2D eigenvalue weighted by Gasteiger charge is 2.49. The number of nitrogens with one attached hydrogen (secondary N) is 2. The van der Waals surface area contributed by atoms with Crippen LogP contribution in [0.25, 0.3) is 10.9 Å². The Bertz CT molecular complexity index is 1150. The predicted octanol–water partition coefficient (Wildman–Crippen LogP) is 2.53. The van der Waals surface area contributed by atoms with E-state index in [1.807, 2.05) is 30.3 Å². The molecule has 0 radical (unpaired) electrons. The van der Waals surface area contributed by atoms with Gasteiger partial charge in [0.1, 0.15) is 16.4 Å². The van der Waals surface area contributed by atoms with E-state index in [1.165, 1.54) is 11.8 Å². The highest BCUT2D eigenvalue weighted by molar-refractivity contribution is 8.00. The molecular weight excluding hydrogens is 402 g/mol. The molecule has 4 rings (SSSR count). The number of thioether (sulfide) groups is 1. The number of carbonyl (C=O) groups excluding carboxylic acids is 3. The number of aromatic nitrogens is 2. The van der Waals surface area contributed by atoms with Crippen LogP contribution in [0, 0.1) is 6.92 Å². The lowest BCUT2D eigenvalue weighted by atomic mass is 9.92. The molecule has 8 nitrogen and oxygen atoms in total. The van der Waals surface area contributed by atoms with Gasteiger partial charge >= 0.3 is 6.03 Å². The lowest BCUT2D eigenvalue weighted by Crippen LogP contribution is -2.48. The van der Waals surface area contributed by atoms with E-state index in [-0.39, 0.29) is 5.75 Å². The zero-order chi connectivity index (χ0) is 21.3. The number of nitrogens with zero attached hydrogens (tertiary/aromatic N) is 3. The number of rotatable bonds is 5. The molecule has 1 aliphatic heterocycles. The predicted molar refractivity (Wildman–Crippen MR) is 112 cm³/mol. The molecule has 1 atom stereocenters. The molecule has 1 saturated heterocycles. The third-order valence-corrected chi connectivity index (χ3v) is 5.79. The second-order valence-electron chi connectivity index (χ2n) is 6.98.